The van der Waals surface area contributed by atoms with E-state index in [1.54, 1.807) is 25.1 Å². The number of rotatable bonds is 3. The van der Waals surface area contributed by atoms with Gasteiger partial charge in [0.25, 0.3) is 10.0 Å². The standard InChI is InChI=1S/C15H17BrN2O2S/c1-9-7-8-13(17)15(10(9)2)21(19,20)18-14-6-4-5-12(16)11(14)3/h4-8,18H,17H2,1-3H3. The molecule has 112 valence electrons. The molecule has 2 aromatic carbocycles. The van der Waals surface area contributed by atoms with Crippen molar-refractivity contribution in [3.05, 3.63) is 51.5 Å². The molecule has 0 aromatic heterocycles. The number of nitrogens with one attached hydrogen (secondary N) is 1. The third-order valence-corrected chi connectivity index (χ3v) is 5.91. The minimum Gasteiger partial charge on any atom is -0.398 e. The van der Waals surface area contributed by atoms with Gasteiger partial charge in [-0.3, -0.25) is 4.72 Å². The summed E-state index contributed by atoms with van der Waals surface area (Å²) in [4.78, 5) is 0.141. The first-order valence-corrected chi connectivity index (χ1v) is 8.65. The average Bonchev–Trinajstić information content (AvgIpc) is 2.39. The normalized spacial score (nSPS) is 11.4. The smallest absolute Gasteiger partial charge is 0.264 e. The number of nitrogens with two attached hydrogens (primary N) is 1. The Morgan fingerprint density at radius 1 is 1.05 bits per heavy atom. The van der Waals surface area contributed by atoms with Gasteiger partial charge in [-0.1, -0.05) is 28.1 Å². The number of halogens is 1. The molecule has 0 aliphatic heterocycles. The highest BCUT2D eigenvalue weighted by Gasteiger charge is 2.22. The van der Waals surface area contributed by atoms with Crippen LogP contribution in [0.5, 0.6) is 0 Å². The Bertz CT molecular complexity index is 802. The lowest BCUT2D eigenvalue weighted by molar-refractivity contribution is 0.601. The summed E-state index contributed by atoms with van der Waals surface area (Å²) in [6.45, 7) is 5.46. The largest absolute Gasteiger partial charge is 0.398 e. The van der Waals surface area contributed by atoms with Gasteiger partial charge in [-0.25, -0.2) is 8.42 Å². The lowest BCUT2D eigenvalue weighted by Crippen LogP contribution is -2.17. The molecule has 0 aliphatic rings. The number of hydrogen-bond donors (Lipinski definition) is 2. The average molecular weight is 369 g/mol. The Hall–Kier alpha value is -1.53. The number of sulfonamides is 1. The first-order chi connectivity index (χ1) is 9.74. The summed E-state index contributed by atoms with van der Waals surface area (Å²) >= 11 is 3.39. The number of aryl methyl sites for hydroxylation is 1. The number of benzene rings is 2. The molecule has 21 heavy (non-hydrogen) atoms. The summed E-state index contributed by atoms with van der Waals surface area (Å²) < 4.78 is 28.8. The van der Waals surface area contributed by atoms with E-state index in [4.69, 9.17) is 5.73 Å². The van der Waals surface area contributed by atoms with E-state index < -0.39 is 10.0 Å². The van der Waals surface area contributed by atoms with Crippen LogP contribution in [0.1, 0.15) is 16.7 Å². The van der Waals surface area contributed by atoms with Gasteiger partial charge in [-0.05, 0) is 55.7 Å². The second kappa shape index (κ2) is 5.69. The van der Waals surface area contributed by atoms with Crippen molar-refractivity contribution >= 4 is 37.3 Å². The summed E-state index contributed by atoms with van der Waals surface area (Å²) in [6, 6.07) is 8.79. The fraction of sp³-hybridized carbons (Fsp3) is 0.200. The number of anilines is 2. The number of hydrogen-bond acceptors (Lipinski definition) is 3. The molecule has 0 heterocycles. The maximum Gasteiger partial charge on any atom is 0.264 e. The molecule has 0 spiro atoms. The van der Waals surface area contributed by atoms with Crippen LogP contribution < -0.4 is 10.5 Å². The molecule has 0 amide bonds. The van der Waals surface area contributed by atoms with Gasteiger partial charge in [-0.2, -0.15) is 0 Å². The Kier molecular flexibility index (Phi) is 4.30. The third-order valence-electron chi connectivity index (χ3n) is 3.49. The summed E-state index contributed by atoms with van der Waals surface area (Å²) in [7, 11) is -3.73. The molecule has 3 N–H and O–H groups in total. The second-order valence-corrected chi connectivity index (χ2v) is 7.42. The van der Waals surface area contributed by atoms with Crippen LogP contribution in [0.4, 0.5) is 11.4 Å². The Morgan fingerprint density at radius 3 is 2.38 bits per heavy atom. The lowest BCUT2D eigenvalue weighted by atomic mass is 10.1. The van der Waals surface area contributed by atoms with E-state index in [9.17, 15) is 8.42 Å². The Morgan fingerprint density at radius 2 is 1.71 bits per heavy atom. The van der Waals surface area contributed by atoms with Crippen molar-refractivity contribution in [2.24, 2.45) is 0 Å². The van der Waals surface area contributed by atoms with Gasteiger partial charge in [0.15, 0.2) is 0 Å². The summed E-state index contributed by atoms with van der Waals surface area (Å²) in [5.41, 5.74) is 9.02. The fourth-order valence-electron chi connectivity index (χ4n) is 2.08. The zero-order valence-corrected chi connectivity index (χ0v) is 14.5. The minimum atomic E-state index is -3.73. The molecule has 0 aliphatic carbocycles. The summed E-state index contributed by atoms with van der Waals surface area (Å²) in [6.07, 6.45) is 0. The topological polar surface area (TPSA) is 72.2 Å². The highest BCUT2D eigenvalue weighted by Crippen LogP contribution is 2.30. The maximum atomic E-state index is 12.7. The third kappa shape index (κ3) is 3.06. The van der Waals surface area contributed by atoms with Crippen LogP contribution in [-0.4, -0.2) is 8.42 Å². The van der Waals surface area contributed by atoms with E-state index in [0.717, 1.165) is 15.6 Å². The van der Waals surface area contributed by atoms with Crippen molar-refractivity contribution in [2.75, 3.05) is 10.5 Å². The van der Waals surface area contributed by atoms with Crippen molar-refractivity contribution in [1.82, 2.24) is 0 Å². The monoisotopic (exact) mass is 368 g/mol. The predicted octanol–water partition coefficient (Wildman–Crippen LogP) is 3.76. The quantitative estimate of drug-likeness (QED) is 0.810. The van der Waals surface area contributed by atoms with E-state index in [-0.39, 0.29) is 10.6 Å². The van der Waals surface area contributed by atoms with Crippen LogP contribution in [0, 0.1) is 20.8 Å². The first kappa shape index (κ1) is 15.9. The molecule has 0 unspecified atom stereocenters. The fourth-order valence-corrected chi connectivity index (χ4v) is 4.00. The summed E-state index contributed by atoms with van der Waals surface area (Å²) in [5.74, 6) is 0. The first-order valence-electron chi connectivity index (χ1n) is 6.37. The minimum absolute atomic E-state index is 0.141. The highest BCUT2D eigenvalue weighted by atomic mass is 79.9. The molecule has 0 saturated carbocycles. The van der Waals surface area contributed by atoms with Crippen LogP contribution in [0.25, 0.3) is 0 Å². The van der Waals surface area contributed by atoms with E-state index in [1.807, 2.05) is 26.0 Å². The number of nitrogen functional groups attached to an aromatic ring is 1. The van der Waals surface area contributed by atoms with E-state index >= 15 is 0 Å². The lowest BCUT2D eigenvalue weighted by Gasteiger charge is -2.16. The van der Waals surface area contributed by atoms with Crippen LogP contribution in [0.3, 0.4) is 0 Å². The van der Waals surface area contributed by atoms with Crippen molar-refractivity contribution < 1.29 is 8.42 Å². The molecule has 6 heteroatoms. The van der Waals surface area contributed by atoms with Crippen LogP contribution >= 0.6 is 15.9 Å². The predicted molar refractivity (Wildman–Crippen MR) is 90.0 cm³/mol. The molecule has 0 bridgehead atoms. The van der Waals surface area contributed by atoms with Gasteiger partial charge in [0, 0.05) is 4.47 Å². The van der Waals surface area contributed by atoms with Crippen LogP contribution in [-0.2, 0) is 10.0 Å². The van der Waals surface area contributed by atoms with Gasteiger partial charge in [0.1, 0.15) is 4.90 Å². The molecule has 0 fully saturated rings. The maximum absolute atomic E-state index is 12.7. The van der Waals surface area contributed by atoms with Gasteiger partial charge in [-0.15, -0.1) is 0 Å². The highest BCUT2D eigenvalue weighted by molar-refractivity contribution is 9.10. The van der Waals surface area contributed by atoms with Crippen molar-refractivity contribution in [3.8, 4) is 0 Å². The molecular formula is C15H17BrN2O2S. The Balaban J connectivity index is 2.54. The SMILES string of the molecule is Cc1ccc(N)c(S(=O)(=O)Nc2cccc(Br)c2C)c1C. The zero-order chi connectivity index (χ0) is 15.8. The molecular weight excluding hydrogens is 352 g/mol. The van der Waals surface area contributed by atoms with Gasteiger partial charge in [0.2, 0.25) is 0 Å². The van der Waals surface area contributed by atoms with Crippen molar-refractivity contribution in [2.45, 2.75) is 25.7 Å². The van der Waals surface area contributed by atoms with Gasteiger partial charge < -0.3 is 5.73 Å². The molecule has 0 saturated heterocycles. The Labute approximate surface area is 133 Å². The van der Waals surface area contributed by atoms with Crippen LogP contribution in [0.2, 0.25) is 0 Å². The van der Waals surface area contributed by atoms with Crippen LogP contribution in [0.15, 0.2) is 39.7 Å². The molecule has 2 rings (SSSR count). The second-order valence-electron chi connectivity index (χ2n) is 4.94. The zero-order valence-electron chi connectivity index (χ0n) is 12.1. The van der Waals surface area contributed by atoms with E-state index in [2.05, 4.69) is 20.7 Å². The van der Waals surface area contributed by atoms with Crippen molar-refractivity contribution in [3.63, 3.8) is 0 Å². The van der Waals surface area contributed by atoms with Crippen molar-refractivity contribution in [1.29, 1.82) is 0 Å². The molecule has 4 nitrogen and oxygen atoms in total. The molecule has 0 radical (unpaired) electrons. The van der Waals surface area contributed by atoms with Gasteiger partial charge in [0.05, 0.1) is 11.4 Å². The molecule has 2 aromatic rings. The van der Waals surface area contributed by atoms with E-state index in [0.29, 0.717) is 11.3 Å². The van der Waals surface area contributed by atoms with E-state index in [1.165, 1.54) is 0 Å². The summed E-state index contributed by atoms with van der Waals surface area (Å²) in [5, 5.41) is 0. The molecule has 0 atom stereocenters. The van der Waals surface area contributed by atoms with Gasteiger partial charge >= 0.3 is 0 Å².